The van der Waals surface area contributed by atoms with Crippen molar-refractivity contribution in [2.45, 2.75) is 29.8 Å². The quantitative estimate of drug-likeness (QED) is 0.341. The van der Waals surface area contributed by atoms with Crippen LogP contribution in [0.5, 0.6) is 5.75 Å². The maximum Gasteiger partial charge on any atom is 0.251 e. The molecule has 4 rings (SSSR count). The molecular weight excluding hydrogens is 511 g/mol. The van der Waals surface area contributed by atoms with Crippen molar-refractivity contribution < 1.29 is 32.2 Å². The van der Waals surface area contributed by atoms with Crippen LogP contribution in [0.4, 0.5) is 4.39 Å². The molecule has 200 valence electrons. The lowest BCUT2D eigenvalue weighted by Crippen LogP contribution is -2.47. The number of hydrogen-bond donors (Lipinski definition) is 2. The lowest BCUT2D eigenvalue weighted by atomic mass is 9.97. The molecule has 10 heteroatoms. The highest BCUT2D eigenvalue weighted by Gasteiger charge is 2.45. The van der Waals surface area contributed by atoms with E-state index in [-0.39, 0.29) is 48.5 Å². The normalized spacial score (nSPS) is 16.9. The van der Waals surface area contributed by atoms with Gasteiger partial charge in [0.05, 0.1) is 17.3 Å². The molecule has 0 radical (unpaired) electrons. The van der Waals surface area contributed by atoms with E-state index in [4.69, 9.17) is 14.6 Å². The first-order valence-electron chi connectivity index (χ1n) is 12.2. The van der Waals surface area contributed by atoms with E-state index in [0.29, 0.717) is 29.9 Å². The minimum Gasteiger partial charge on any atom is -0.494 e. The zero-order chi connectivity index (χ0) is 27.0. The minimum absolute atomic E-state index is 0.0357. The summed E-state index contributed by atoms with van der Waals surface area (Å²) in [6.45, 7) is 0.405. The smallest absolute Gasteiger partial charge is 0.251 e. The lowest BCUT2D eigenvalue weighted by Gasteiger charge is -2.23. The molecular formula is C28H29FN2O6S. The SMILES string of the molecule is O=C(NCc1ccc(F)cc1)[C@@]1(CCS(=O)(=O)c2ccccc2)COC(c2ccc(OCCCO)cc2)=N1. The standard InChI is InChI=1S/C28H29FN2O6S/c29-23-11-7-21(8-12-23)19-30-27(33)28(15-18-38(34,35)25-5-2-1-3-6-25)20-37-26(31-28)22-9-13-24(14-10-22)36-17-4-16-32/h1-3,5-14,32H,4,15-20H2,(H,30,33)/t28-/m1/s1. The molecule has 8 nitrogen and oxygen atoms in total. The van der Waals surface area contributed by atoms with Crippen LogP contribution < -0.4 is 10.1 Å². The molecule has 0 fully saturated rings. The maximum absolute atomic E-state index is 13.4. The number of nitrogens with zero attached hydrogens (tertiary/aromatic N) is 1. The van der Waals surface area contributed by atoms with Gasteiger partial charge in [-0.3, -0.25) is 4.79 Å². The Balaban J connectivity index is 1.55. The van der Waals surface area contributed by atoms with Gasteiger partial charge in [0.25, 0.3) is 5.91 Å². The summed E-state index contributed by atoms with van der Waals surface area (Å²) in [4.78, 5) is 18.2. The van der Waals surface area contributed by atoms with Gasteiger partial charge in [-0.15, -0.1) is 0 Å². The Kier molecular flexibility index (Phi) is 8.75. The first-order chi connectivity index (χ1) is 18.3. The molecule has 1 heterocycles. The zero-order valence-corrected chi connectivity index (χ0v) is 21.5. The van der Waals surface area contributed by atoms with Crippen LogP contribution in [-0.2, 0) is 25.9 Å². The van der Waals surface area contributed by atoms with Crippen molar-refractivity contribution in [3.05, 3.63) is 95.8 Å². The highest BCUT2D eigenvalue weighted by atomic mass is 32.2. The second-order valence-electron chi connectivity index (χ2n) is 8.88. The van der Waals surface area contributed by atoms with E-state index >= 15 is 0 Å². The van der Waals surface area contributed by atoms with Crippen LogP contribution in [0.2, 0.25) is 0 Å². The number of amides is 1. The van der Waals surface area contributed by atoms with E-state index in [1.807, 2.05) is 0 Å². The number of carbonyl (C=O) groups is 1. The largest absolute Gasteiger partial charge is 0.494 e. The van der Waals surface area contributed by atoms with Gasteiger partial charge in [-0.25, -0.2) is 17.8 Å². The van der Waals surface area contributed by atoms with Crippen LogP contribution in [0.15, 0.2) is 88.8 Å². The van der Waals surface area contributed by atoms with Crippen LogP contribution in [0, 0.1) is 5.82 Å². The van der Waals surface area contributed by atoms with Crippen LogP contribution in [0.25, 0.3) is 0 Å². The first-order valence-corrected chi connectivity index (χ1v) is 13.8. The van der Waals surface area contributed by atoms with Crippen molar-refractivity contribution in [2.75, 3.05) is 25.6 Å². The first kappa shape index (κ1) is 27.3. The topological polar surface area (TPSA) is 114 Å². The number of benzene rings is 3. The number of rotatable bonds is 12. The second-order valence-corrected chi connectivity index (χ2v) is 11.0. The Bertz CT molecular complexity index is 1360. The molecule has 2 N–H and O–H groups in total. The average Bonchev–Trinajstić information content (AvgIpc) is 3.38. The molecule has 0 saturated carbocycles. The third-order valence-electron chi connectivity index (χ3n) is 6.11. The summed E-state index contributed by atoms with van der Waals surface area (Å²) in [7, 11) is -3.67. The molecule has 3 aromatic carbocycles. The molecule has 1 aliphatic heterocycles. The van der Waals surface area contributed by atoms with E-state index in [2.05, 4.69) is 10.3 Å². The molecule has 1 amide bonds. The monoisotopic (exact) mass is 540 g/mol. The lowest BCUT2D eigenvalue weighted by molar-refractivity contribution is -0.126. The van der Waals surface area contributed by atoms with Gasteiger partial charge in [-0.2, -0.15) is 0 Å². The second kappa shape index (κ2) is 12.2. The minimum atomic E-state index is -3.67. The summed E-state index contributed by atoms with van der Waals surface area (Å²) in [5.74, 6) is -0.340. The van der Waals surface area contributed by atoms with Gasteiger partial charge in [0.1, 0.15) is 18.2 Å². The van der Waals surface area contributed by atoms with Crippen LogP contribution in [0.3, 0.4) is 0 Å². The van der Waals surface area contributed by atoms with Gasteiger partial charge in [0.2, 0.25) is 5.90 Å². The summed E-state index contributed by atoms with van der Waals surface area (Å²) >= 11 is 0. The third-order valence-corrected chi connectivity index (χ3v) is 7.84. The van der Waals surface area contributed by atoms with Crippen molar-refractivity contribution in [3.8, 4) is 5.75 Å². The van der Waals surface area contributed by atoms with Crippen molar-refractivity contribution in [1.29, 1.82) is 0 Å². The molecule has 0 aliphatic carbocycles. The Morgan fingerprint density at radius 3 is 2.45 bits per heavy atom. The van der Waals surface area contributed by atoms with Crippen LogP contribution in [0.1, 0.15) is 24.0 Å². The van der Waals surface area contributed by atoms with Crippen molar-refractivity contribution in [1.82, 2.24) is 5.32 Å². The zero-order valence-electron chi connectivity index (χ0n) is 20.7. The number of carbonyl (C=O) groups excluding carboxylic acids is 1. The third kappa shape index (κ3) is 6.76. The van der Waals surface area contributed by atoms with E-state index in [0.717, 1.165) is 0 Å². The molecule has 3 aromatic rings. The van der Waals surface area contributed by atoms with Gasteiger partial charge in [-0.05, 0) is 60.5 Å². The molecule has 0 aromatic heterocycles. The summed E-state index contributed by atoms with van der Waals surface area (Å²) < 4.78 is 50.6. The van der Waals surface area contributed by atoms with Crippen molar-refractivity contribution >= 4 is 21.6 Å². The summed E-state index contributed by atoms with van der Waals surface area (Å²) in [6.07, 6.45) is 0.421. The predicted molar refractivity (Wildman–Crippen MR) is 140 cm³/mol. The van der Waals surface area contributed by atoms with E-state index < -0.39 is 21.3 Å². The Labute approximate surface area is 221 Å². The molecule has 0 spiro atoms. The predicted octanol–water partition coefficient (Wildman–Crippen LogP) is 3.28. The molecule has 1 atom stereocenters. The maximum atomic E-state index is 13.4. The number of hydrogen-bond acceptors (Lipinski definition) is 7. The number of sulfone groups is 1. The van der Waals surface area contributed by atoms with Gasteiger partial charge >= 0.3 is 0 Å². The van der Waals surface area contributed by atoms with Crippen molar-refractivity contribution in [3.63, 3.8) is 0 Å². The number of aliphatic hydroxyl groups is 1. The molecule has 0 unspecified atom stereocenters. The fourth-order valence-electron chi connectivity index (χ4n) is 3.90. The number of nitrogens with one attached hydrogen (secondary N) is 1. The summed E-state index contributed by atoms with van der Waals surface area (Å²) in [5, 5.41) is 11.7. The highest BCUT2D eigenvalue weighted by molar-refractivity contribution is 7.91. The van der Waals surface area contributed by atoms with Gasteiger partial charge < -0.3 is 19.9 Å². The average molecular weight is 541 g/mol. The fourth-order valence-corrected chi connectivity index (χ4v) is 5.31. The fraction of sp³-hybridized carbons (Fsp3) is 0.286. The number of aliphatic imine (C=N–C) groups is 1. The number of aliphatic hydroxyl groups excluding tert-OH is 1. The number of ether oxygens (including phenoxy) is 2. The van der Waals surface area contributed by atoms with Gasteiger partial charge in [0.15, 0.2) is 15.4 Å². The van der Waals surface area contributed by atoms with Gasteiger partial charge in [0, 0.05) is 25.1 Å². The molecule has 1 aliphatic rings. The van der Waals surface area contributed by atoms with Crippen LogP contribution in [-0.4, -0.2) is 56.4 Å². The Hall–Kier alpha value is -3.76. The number of halogens is 1. The molecule has 38 heavy (non-hydrogen) atoms. The van der Waals surface area contributed by atoms with Crippen molar-refractivity contribution in [2.24, 2.45) is 4.99 Å². The van der Waals surface area contributed by atoms with E-state index in [1.165, 1.54) is 24.3 Å². The van der Waals surface area contributed by atoms with E-state index in [9.17, 15) is 17.6 Å². The molecule has 0 saturated heterocycles. The Morgan fingerprint density at radius 1 is 1.05 bits per heavy atom. The Morgan fingerprint density at radius 2 is 1.76 bits per heavy atom. The summed E-state index contributed by atoms with van der Waals surface area (Å²) in [5.41, 5.74) is -0.168. The highest BCUT2D eigenvalue weighted by Crippen LogP contribution is 2.29. The van der Waals surface area contributed by atoms with Crippen LogP contribution >= 0.6 is 0 Å². The molecule has 0 bridgehead atoms. The summed E-state index contributed by atoms with van der Waals surface area (Å²) in [6, 6.07) is 20.7. The van der Waals surface area contributed by atoms with E-state index in [1.54, 1.807) is 54.6 Å². The van der Waals surface area contributed by atoms with Gasteiger partial charge in [-0.1, -0.05) is 30.3 Å².